The van der Waals surface area contributed by atoms with Crippen molar-refractivity contribution in [1.29, 1.82) is 0 Å². The number of pyridine rings is 1. The number of benzene rings is 1. The van der Waals surface area contributed by atoms with Gasteiger partial charge in [0.2, 0.25) is 0 Å². The number of nitrogens with two attached hydrogens (primary N) is 1. The lowest BCUT2D eigenvalue weighted by atomic mass is 10.1. The monoisotopic (exact) mass is 232 g/mol. The third-order valence-electron chi connectivity index (χ3n) is 2.60. The second-order valence-electron chi connectivity index (χ2n) is 3.88. The van der Waals surface area contributed by atoms with Crippen LogP contribution in [-0.4, -0.2) is 19.2 Å². The maximum atomic E-state index is 6.02. The van der Waals surface area contributed by atoms with E-state index in [4.69, 9.17) is 15.2 Å². The molecule has 2 aromatic rings. The van der Waals surface area contributed by atoms with Crippen LogP contribution in [0, 0.1) is 0 Å². The molecule has 1 aromatic heterocycles. The molecule has 2 rings (SSSR count). The van der Waals surface area contributed by atoms with Gasteiger partial charge in [0.25, 0.3) is 0 Å². The lowest BCUT2D eigenvalue weighted by Crippen LogP contribution is -2.00. The van der Waals surface area contributed by atoms with Gasteiger partial charge in [-0.3, -0.25) is 0 Å². The molecule has 0 saturated carbocycles. The van der Waals surface area contributed by atoms with Gasteiger partial charge < -0.3 is 15.2 Å². The normalized spacial score (nSPS) is 10.9. The molecule has 17 heavy (non-hydrogen) atoms. The highest BCUT2D eigenvalue weighted by atomic mass is 16.5. The molecular formula is C13H16N2O2. The van der Waals surface area contributed by atoms with Crippen molar-refractivity contribution >= 4 is 16.6 Å². The Kier molecular flexibility index (Phi) is 3.56. The van der Waals surface area contributed by atoms with Gasteiger partial charge in [0.15, 0.2) is 0 Å². The highest BCUT2D eigenvalue weighted by Crippen LogP contribution is 2.24. The molecule has 1 aromatic carbocycles. The standard InChI is InChI=1S/C13H16N2O2/c1-16-7-9-4-3-5-11-12(14)6-10(8-17-2)15-13(9)11/h3-6H,7-8H2,1-2H3,(H2,14,15). The molecule has 0 saturated heterocycles. The van der Waals surface area contributed by atoms with Gasteiger partial charge in [0.1, 0.15) is 0 Å². The van der Waals surface area contributed by atoms with E-state index >= 15 is 0 Å². The summed E-state index contributed by atoms with van der Waals surface area (Å²) in [5, 5.41) is 0.958. The second-order valence-corrected chi connectivity index (χ2v) is 3.88. The van der Waals surface area contributed by atoms with E-state index in [0.717, 1.165) is 27.8 Å². The summed E-state index contributed by atoms with van der Waals surface area (Å²) in [6, 6.07) is 7.77. The van der Waals surface area contributed by atoms with Gasteiger partial charge in [-0.2, -0.15) is 0 Å². The number of hydrogen-bond donors (Lipinski definition) is 1. The molecular weight excluding hydrogens is 216 g/mol. The number of aromatic nitrogens is 1. The van der Waals surface area contributed by atoms with Crippen LogP contribution in [0.2, 0.25) is 0 Å². The predicted molar refractivity (Wildman–Crippen MR) is 67.6 cm³/mol. The van der Waals surface area contributed by atoms with Crippen molar-refractivity contribution < 1.29 is 9.47 Å². The summed E-state index contributed by atoms with van der Waals surface area (Å²) < 4.78 is 10.2. The molecule has 1 heterocycles. The van der Waals surface area contributed by atoms with Crippen molar-refractivity contribution in [3.63, 3.8) is 0 Å². The average Bonchev–Trinajstić information content (AvgIpc) is 2.31. The number of nitrogens with zero attached hydrogens (tertiary/aromatic N) is 1. The number of hydrogen-bond acceptors (Lipinski definition) is 4. The van der Waals surface area contributed by atoms with Crippen LogP contribution in [0.15, 0.2) is 24.3 Å². The fourth-order valence-corrected chi connectivity index (χ4v) is 1.88. The van der Waals surface area contributed by atoms with Crippen molar-refractivity contribution in [2.45, 2.75) is 13.2 Å². The van der Waals surface area contributed by atoms with E-state index in [1.165, 1.54) is 0 Å². The Morgan fingerprint density at radius 1 is 1.18 bits per heavy atom. The van der Waals surface area contributed by atoms with Crippen molar-refractivity contribution in [2.24, 2.45) is 0 Å². The maximum absolute atomic E-state index is 6.02. The third-order valence-corrected chi connectivity index (χ3v) is 2.60. The smallest absolute Gasteiger partial charge is 0.0885 e. The van der Waals surface area contributed by atoms with Crippen molar-refractivity contribution in [3.05, 3.63) is 35.5 Å². The zero-order chi connectivity index (χ0) is 12.3. The topological polar surface area (TPSA) is 57.4 Å². The van der Waals surface area contributed by atoms with Crippen LogP contribution >= 0.6 is 0 Å². The van der Waals surface area contributed by atoms with Crippen LogP contribution in [0.25, 0.3) is 10.9 Å². The first-order chi connectivity index (χ1) is 8.26. The largest absolute Gasteiger partial charge is 0.398 e. The van der Waals surface area contributed by atoms with Gasteiger partial charge in [-0.05, 0) is 6.07 Å². The minimum absolute atomic E-state index is 0.460. The molecule has 0 amide bonds. The third kappa shape index (κ3) is 2.38. The van der Waals surface area contributed by atoms with Crippen molar-refractivity contribution in [3.8, 4) is 0 Å². The second kappa shape index (κ2) is 5.12. The number of methoxy groups -OCH3 is 2. The summed E-state index contributed by atoms with van der Waals surface area (Å²) >= 11 is 0. The lowest BCUT2D eigenvalue weighted by Gasteiger charge is -2.09. The molecule has 0 aliphatic heterocycles. The van der Waals surface area contributed by atoms with Crippen LogP contribution < -0.4 is 5.73 Å². The zero-order valence-electron chi connectivity index (χ0n) is 10.1. The van der Waals surface area contributed by atoms with Crippen LogP contribution in [0.4, 0.5) is 5.69 Å². The molecule has 0 spiro atoms. The van der Waals surface area contributed by atoms with E-state index in [1.54, 1.807) is 14.2 Å². The van der Waals surface area contributed by atoms with E-state index in [9.17, 15) is 0 Å². The number of ether oxygens (including phenoxy) is 2. The van der Waals surface area contributed by atoms with E-state index in [0.29, 0.717) is 13.2 Å². The van der Waals surface area contributed by atoms with Crippen LogP contribution in [-0.2, 0) is 22.7 Å². The summed E-state index contributed by atoms with van der Waals surface area (Å²) in [4.78, 5) is 4.56. The molecule has 4 nitrogen and oxygen atoms in total. The molecule has 0 aliphatic rings. The molecule has 0 unspecified atom stereocenters. The van der Waals surface area contributed by atoms with E-state index in [-0.39, 0.29) is 0 Å². The van der Waals surface area contributed by atoms with Gasteiger partial charge in [-0.1, -0.05) is 18.2 Å². The van der Waals surface area contributed by atoms with Crippen molar-refractivity contribution in [2.75, 3.05) is 20.0 Å². The minimum atomic E-state index is 0.460. The van der Waals surface area contributed by atoms with Crippen LogP contribution in [0.3, 0.4) is 0 Å². The maximum Gasteiger partial charge on any atom is 0.0885 e. The number of nitrogen functional groups attached to an aromatic ring is 1. The van der Waals surface area contributed by atoms with E-state index in [2.05, 4.69) is 4.98 Å². The number of anilines is 1. The fourth-order valence-electron chi connectivity index (χ4n) is 1.88. The van der Waals surface area contributed by atoms with Crippen LogP contribution in [0.5, 0.6) is 0 Å². The first kappa shape index (κ1) is 11.8. The van der Waals surface area contributed by atoms with Crippen molar-refractivity contribution in [1.82, 2.24) is 4.98 Å². The summed E-state index contributed by atoms with van der Waals surface area (Å²) in [6.45, 7) is 0.988. The highest BCUT2D eigenvalue weighted by molar-refractivity contribution is 5.92. The summed E-state index contributed by atoms with van der Waals surface area (Å²) in [5.74, 6) is 0. The van der Waals surface area contributed by atoms with Gasteiger partial charge in [-0.25, -0.2) is 4.98 Å². The lowest BCUT2D eigenvalue weighted by molar-refractivity contribution is 0.181. The van der Waals surface area contributed by atoms with E-state index < -0.39 is 0 Å². The van der Waals surface area contributed by atoms with Crippen LogP contribution in [0.1, 0.15) is 11.3 Å². The molecule has 0 bridgehead atoms. The minimum Gasteiger partial charge on any atom is -0.398 e. The summed E-state index contributed by atoms with van der Waals surface area (Å²) in [5.41, 5.74) is 9.50. The first-order valence-electron chi connectivity index (χ1n) is 5.41. The predicted octanol–water partition coefficient (Wildman–Crippen LogP) is 2.11. The molecule has 0 atom stereocenters. The quantitative estimate of drug-likeness (QED) is 0.877. The number of fused-ring (bicyclic) bond motifs is 1. The first-order valence-corrected chi connectivity index (χ1v) is 5.41. The summed E-state index contributed by atoms with van der Waals surface area (Å²) in [7, 11) is 3.31. The Balaban J connectivity index is 2.60. The van der Waals surface area contributed by atoms with E-state index in [1.807, 2.05) is 24.3 Å². The Morgan fingerprint density at radius 3 is 2.65 bits per heavy atom. The van der Waals surface area contributed by atoms with Gasteiger partial charge in [-0.15, -0.1) is 0 Å². The number of rotatable bonds is 4. The molecule has 0 fully saturated rings. The van der Waals surface area contributed by atoms with Gasteiger partial charge >= 0.3 is 0 Å². The molecule has 90 valence electrons. The average molecular weight is 232 g/mol. The summed E-state index contributed by atoms with van der Waals surface area (Å²) in [6.07, 6.45) is 0. The Bertz CT molecular complexity index is 526. The van der Waals surface area contributed by atoms with Gasteiger partial charge in [0, 0.05) is 30.9 Å². The molecule has 0 radical (unpaired) electrons. The molecule has 4 heteroatoms. The zero-order valence-corrected chi connectivity index (χ0v) is 10.1. The van der Waals surface area contributed by atoms with Gasteiger partial charge in [0.05, 0.1) is 24.4 Å². The molecule has 0 aliphatic carbocycles. The fraction of sp³-hybridized carbons (Fsp3) is 0.308. The Labute approximate surface area is 100 Å². The number of para-hydroxylation sites is 1. The Hall–Kier alpha value is -1.65. The SMILES string of the molecule is COCc1cc(N)c2cccc(COC)c2n1. The molecule has 2 N–H and O–H groups in total. The highest BCUT2D eigenvalue weighted by Gasteiger charge is 2.07. The Morgan fingerprint density at radius 2 is 1.94 bits per heavy atom.